The van der Waals surface area contributed by atoms with Crippen LogP contribution in [-0.4, -0.2) is 32.5 Å². The summed E-state index contributed by atoms with van der Waals surface area (Å²) in [7, 11) is 0. The fraction of sp³-hybridized carbons (Fsp3) is 0.571. The quantitative estimate of drug-likeness (QED) is 0.722. The third-order valence-corrected chi connectivity index (χ3v) is 4.03. The van der Waals surface area contributed by atoms with Gasteiger partial charge in [-0.1, -0.05) is 0 Å². The molecular formula is C14H19N3O4. The van der Waals surface area contributed by atoms with E-state index in [1.54, 1.807) is 13.8 Å². The summed E-state index contributed by atoms with van der Waals surface area (Å²) in [6.07, 6.45) is 1.61. The van der Waals surface area contributed by atoms with Crippen LogP contribution in [0.25, 0.3) is 0 Å². The van der Waals surface area contributed by atoms with Gasteiger partial charge in [-0.05, 0) is 39.5 Å². The van der Waals surface area contributed by atoms with Gasteiger partial charge in [0.2, 0.25) is 5.91 Å². The summed E-state index contributed by atoms with van der Waals surface area (Å²) >= 11 is 0. The van der Waals surface area contributed by atoms with Crippen molar-refractivity contribution in [2.45, 2.75) is 45.6 Å². The van der Waals surface area contributed by atoms with E-state index in [0.29, 0.717) is 17.0 Å². The smallest absolute Gasteiger partial charge is 0.345 e. The summed E-state index contributed by atoms with van der Waals surface area (Å²) in [4.78, 5) is 41.1. The molecule has 0 saturated heterocycles. The van der Waals surface area contributed by atoms with Crippen LogP contribution in [0, 0.1) is 19.8 Å². The second-order valence-electron chi connectivity index (χ2n) is 5.74. The molecule has 1 unspecified atom stereocenters. The summed E-state index contributed by atoms with van der Waals surface area (Å²) in [6.45, 7) is 4.88. The Morgan fingerprint density at radius 2 is 2.05 bits per heavy atom. The minimum Gasteiger partial charge on any atom is -0.480 e. The summed E-state index contributed by atoms with van der Waals surface area (Å²) in [5.74, 6) is -1.42. The molecule has 0 bridgehead atoms. The third-order valence-electron chi connectivity index (χ3n) is 4.03. The molecule has 0 radical (unpaired) electrons. The van der Waals surface area contributed by atoms with Gasteiger partial charge in [-0.3, -0.25) is 4.79 Å². The van der Waals surface area contributed by atoms with Gasteiger partial charge in [0.1, 0.15) is 5.54 Å². The Balaban J connectivity index is 2.15. The van der Waals surface area contributed by atoms with Crippen molar-refractivity contribution < 1.29 is 14.7 Å². The second-order valence-corrected chi connectivity index (χ2v) is 5.74. The van der Waals surface area contributed by atoms with Gasteiger partial charge >= 0.3 is 11.7 Å². The maximum atomic E-state index is 12.2. The van der Waals surface area contributed by atoms with Crippen molar-refractivity contribution in [3.63, 3.8) is 0 Å². The van der Waals surface area contributed by atoms with Crippen LogP contribution in [0.15, 0.2) is 4.79 Å². The van der Waals surface area contributed by atoms with E-state index in [1.807, 2.05) is 0 Å². The number of carbonyl (C=O) groups excluding carboxylic acids is 1. The van der Waals surface area contributed by atoms with Crippen molar-refractivity contribution in [2.75, 3.05) is 0 Å². The van der Waals surface area contributed by atoms with Crippen molar-refractivity contribution in [3.8, 4) is 0 Å². The minimum atomic E-state index is -1.23. The molecule has 114 valence electrons. The van der Waals surface area contributed by atoms with E-state index in [4.69, 9.17) is 0 Å². The number of hydrogen-bond acceptors (Lipinski definition) is 4. The molecule has 1 aromatic rings. The van der Waals surface area contributed by atoms with E-state index < -0.39 is 17.2 Å². The first-order valence-corrected chi connectivity index (χ1v) is 6.85. The second kappa shape index (κ2) is 5.31. The van der Waals surface area contributed by atoms with Crippen molar-refractivity contribution in [3.05, 3.63) is 27.4 Å². The highest BCUT2D eigenvalue weighted by Gasteiger charge is 2.48. The molecule has 1 aliphatic carbocycles. The molecule has 1 atom stereocenters. The Labute approximate surface area is 121 Å². The number of amides is 1. The standard InChI is InChI=1S/C14H19N3O4/c1-7-10(8(2)16-13(21)15-7)6-11(18)17-14(3,12(19)20)9-4-5-9/h9H,4-6H2,1-3H3,(H,17,18)(H,19,20)(H,15,16,21). The number of H-pyrrole nitrogens is 1. The Kier molecular flexibility index (Phi) is 3.85. The van der Waals surface area contributed by atoms with Gasteiger partial charge in [-0.2, -0.15) is 4.98 Å². The fourth-order valence-corrected chi connectivity index (χ4v) is 2.50. The third kappa shape index (κ3) is 3.12. The van der Waals surface area contributed by atoms with Crippen molar-refractivity contribution >= 4 is 11.9 Å². The topological polar surface area (TPSA) is 112 Å². The number of rotatable bonds is 5. The maximum Gasteiger partial charge on any atom is 0.345 e. The van der Waals surface area contributed by atoms with E-state index in [2.05, 4.69) is 15.3 Å². The van der Waals surface area contributed by atoms with Crippen LogP contribution >= 0.6 is 0 Å². The molecule has 1 saturated carbocycles. The lowest BCUT2D eigenvalue weighted by Crippen LogP contribution is -2.54. The Bertz CT molecular complexity index is 622. The summed E-state index contributed by atoms with van der Waals surface area (Å²) in [5.41, 5.74) is -0.00628. The van der Waals surface area contributed by atoms with E-state index in [1.165, 1.54) is 6.92 Å². The van der Waals surface area contributed by atoms with Crippen LogP contribution in [-0.2, 0) is 16.0 Å². The number of aliphatic carboxylic acids is 1. The number of carboxylic acids is 1. The molecule has 1 amide bonds. The number of nitrogens with one attached hydrogen (secondary N) is 2. The Morgan fingerprint density at radius 1 is 1.43 bits per heavy atom. The molecule has 1 aromatic heterocycles. The minimum absolute atomic E-state index is 0.00294. The van der Waals surface area contributed by atoms with Gasteiger partial charge in [0.05, 0.1) is 6.42 Å². The predicted octanol–water partition coefficient (Wildman–Crippen LogP) is 0.299. The largest absolute Gasteiger partial charge is 0.480 e. The van der Waals surface area contributed by atoms with Crippen LogP contribution in [0.3, 0.4) is 0 Å². The highest BCUT2D eigenvalue weighted by atomic mass is 16.4. The van der Waals surface area contributed by atoms with Crippen LogP contribution in [0.2, 0.25) is 0 Å². The summed E-state index contributed by atoms with van der Waals surface area (Å²) in [6, 6.07) is 0. The number of carbonyl (C=O) groups is 2. The maximum absolute atomic E-state index is 12.2. The average Bonchev–Trinajstić information content (AvgIpc) is 3.17. The number of carboxylic acid groups (broad SMARTS) is 1. The lowest BCUT2D eigenvalue weighted by Gasteiger charge is -2.26. The van der Waals surface area contributed by atoms with Crippen LogP contribution in [0.4, 0.5) is 0 Å². The van der Waals surface area contributed by atoms with Gasteiger partial charge in [-0.25, -0.2) is 9.59 Å². The van der Waals surface area contributed by atoms with E-state index in [-0.39, 0.29) is 18.2 Å². The van der Waals surface area contributed by atoms with Gasteiger partial charge in [0, 0.05) is 17.0 Å². The van der Waals surface area contributed by atoms with Crippen LogP contribution in [0.1, 0.15) is 36.7 Å². The molecule has 3 N–H and O–H groups in total. The summed E-state index contributed by atoms with van der Waals surface area (Å²) < 4.78 is 0. The SMILES string of the molecule is Cc1nc(=O)[nH]c(C)c1CC(=O)NC(C)(C(=O)O)C1CC1. The van der Waals surface area contributed by atoms with Crippen molar-refractivity contribution in [1.82, 2.24) is 15.3 Å². The first-order valence-electron chi connectivity index (χ1n) is 6.85. The molecule has 7 nitrogen and oxygen atoms in total. The van der Waals surface area contributed by atoms with Gasteiger partial charge in [-0.15, -0.1) is 0 Å². The van der Waals surface area contributed by atoms with Crippen LogP contribution in [0.5, 0.6) is 0 Å². The Hall–Kier alpha value is -2.18. The molecular weight excluding hydrogens is 274 g/mol. The number of aromatic nitrogens is 2. The molecule has 0 aliphatic heterocycles. The van der Waals surface area contributed by atoms with Gasteiger partial charge < -0.3 is 15.4 Å². The zero-order valence-electron chi connectivity index (χ0n) is 12.3. The van der Waals surface area contributed by atoms with Crippen molar-refractivity contribution in [1.29, 1.82) is 0 Å². The molecule has 0 spiro atoms. The molecule has 1 heterocycles. The number of aryl methyl sites for hydroxylation is 2. The van der Waals surface area contributed by atoms with Crippen molar-refractivity contribution in [2.24, 2.45) is 5.92 Å². The van der Waals surface area contributed by atoms with E-state index in [0.717, 1.165) is 12.8 Å². The summed E-state index contributed by atoms with van der Waals surface area (Å²) in [5, 5.41) is 11.9. The number of aromatic amines is 1. The van der Waals surface area contributed by atoms with Gasteiger partial charge in [0.25, 0.3) is 0 Å². The lowest BCUT2D eigenvalue weighted by atomic mass is 9.95. The van der Waals surface area contributed by atoms with E-state index >= 15 is 0 Å². The van der Waals surface area contributed by atoms with E-state index in [9.17, 15) is 19.5 Å². The molecule has 1 aliphatic rings. The van der Waals surface area contributed by atoms with Gasteiger partial charge in [0.15, 0.2) is 0 Å². The molecule has 1 fully saturated rings. The predicted molar refractivity (Wildman–Crippen MR) is 74.9 cm³/mol. The first kappa shape index (κ1) is 15.2. The monoisotopic (exact) mass is 293 g/mol. The zero-order valence-corrected chi connectivity index (χ0v) is 12.3. The fourth-order valence-electron chi connectivity index (χ4n) is 2.50. The molecule has 2 rings (SSSR count). The lowest BCUT2D eigenvalue weighted by molar-refractivity contribution is -0.147. The van der Waals surface area contributed by atoms with Crippen LogP contribution < -0.4 is 11.0 Å². The Morgan fingerprint density at radius 3 is 2.52 bits per heavy atom. The zero-order chi connectivity index (χ0) is 15.8. The number of hydrogen-bond donors (Lipinski definition) is 3. The average molecular weight is 293 g/mol. The molecule has 21 heavy (non-hydrogen) atoms. The molecule has 7 heteroatoms. The highest BCUT2D eigenvalue weighted by Crippen LogP contribution is 2.39. The molecule has 0 aromatic carbocycles. The number of nitrogens with zero attached hydrogens (tertiary/aromatic N) is 1. The normalized spacial score (nSPS) is 17.1. The highest BCUT2D eigenvalue weighted by molar-refractivity contribution is 5.88. The first-order chi connectivity index (χ1) is 9.74.